The molecule has 0 aliphatic rings. The third-order valence-corrected chi connectivity index (χ3v) is 5.30. The van der Waals surface area contributed by atoms with Crippen molar-refractivity contribution in [3.8, 4) is 0 Å². The van der Waals surface area contributed by atoms with Gasteiger partial charge in [0, 0.05) is 34.4 Å². The normalized spacial score (nSPS) is 11.4. The fourth-order valence-corrected chi connectivity index (χ4v) is 3.00. The summed E-state index contributed by atoms with van der Waals surface area (Å²) >= 11 is 0. The molecule has 134 valence electrons. The van der Waals surface area contributed by atoms with E-state index < -0.39 is 15.9 Å². The number of hydrogen-bond acceptors (Lipinski definition) is 6. The molecule has 0 unspecified atom stereocenters. The first-order valence-electron chi connectivity index (χ1n) is 7.47. The van der Waals surface area contributed by atoms with Crippen LogP contribution < -0.4 is 10.2 Å². The topological polar surface area (TPSA) is 95.5 Å². The van der Waals surface area contributed by atoms with E-state index >= 15 is 0 Å². The van der Waals surface area contributed by atoms with E-state index in [4.69, 9.17) is 0 Å². The number of amides is 1. The molecule has 1 aromatic carbocycles. The fourth-order valence-electron chi connectivity index (χ4n) is 2.07. The summed E-state index contributed by atoms with van der Waals surface area (Å²) in [6.45, 7) is 1.77. The van der Waals surface area contributed by atoms with E-state index in [1.54, 1.807) is 32.0 Å². The second-order valence-electron chi connectivity index (χ2n) is 5.86. The third kappa shape index (κ3) is 4.12. The number of nitrogens with zero attached hydrogens (tertiary/aromatic N) is 4. The van der Waals surface area contributed by atoms with E-state index in [1.165, 1.54) is 38.6 Å². The lowest BCUT2D eigenvalue weighted by Gasteiger charge is -2.20. The molecule has 0 aliphatic carbocycles. The highest BCUT2D eigenvalue weighted by molar-refractivity contribution is 7.89. The fraction of sp³-hybridized carbons (Fsp3) is 0.312. The molecule has 9 heteroatoms. The Morgan fingerprint density at radius 2 is 1.76 bits per heavy atom. The second-order valence-corrected chi connectivity index (χ2v) is 8.01. The lowest BCUT2D eigenvalue weighted by atomic mass is 10.2. The molecule has 0 bridgehead atoms. The first-order valence-corrected chi connectivity index (χ1v) is 8.91. The number of rotatable bonds is 5. The molecule has 0 aliphatic heterocycles. The molecule has 0 fully saturated rings. The van der Waals surface area contributed by atoms with Gasteiger partial charge in [0.15, 0.2) is 0 Å². The Morgan fingerprint density at radius 3 is 2.28 bits per heavy atom. The van der Waals surface area contributed by atoms with Crippen LogP contribution in [-0.2, 0) is 10.0 Å². The van der Waals surface area contributed by atoms with Crippen LogP contribution in [0.2, 0.25) is 0 Å². The first-order chi connectivity index (χ1) is 11.6. The molecule has 1 amide bonds. The standard InChI is InChI=1S/C16H21N5O3S/c1-11-9-18-14(10-17-11)16(22)19-13-8-12(25(23,24)21(4)5)6-7-15(13)20(2)3/h6-10H,1-5H3,(H,19,22). The molecule has 1 aromatic heterocycles. The summed E-state index contributed by atoms with van der Waals surface area (Å²) in [7, 11) is 2.90. The highest BCUT2D eigenvalue weighted by atomic mass is 32.2. The van der Waals surface area contributed by atoms with Crippen LogP contribution in [0.4, 0.5) is 11.4 Å². The van der Waals surface area contributed by atoms with Crippen molar-refractivity contribution in [3.63, 3.8) is 0 Å². The van der Waals surface area contributed by atoms with Gasteiger partial charge < -0.3 is 10.2 Å². The number of sulfonamides is 1. The van der Waals surface area contributed by atoms with Crippen molar-refractivity contribution < 1.29 is 13.2 Å². The summed E-state index contributed by atoms with van der Waals surface area (Å²) in [4.78, 5) is 22.4. The zero-order valence-electron chi connectivity index (χ0n) is 14.8. The van der Waals surface area contributed by atoms with Crippen molar-refractivity contribution in [2.45, 2.75) is 11.8 Å². The van der Waals surface area contributed by atoms with Crippen LogP contribution in [0.25, 0.3) is 0 Å². The Labute approximate surface area is 147 Å². The van der Waals surface area contributed by atoms with E-state index in [0.717, 1.165) is 4.31 Å². The molecule has 2 aromatic rings. The van der Waals surface area contributed by atoms with E-state index in [-0.39, 0.29) is 10.6 Å². The van der Waals surface area contributed by atoms with Gasteiger partial charge in [-0.3, -0.25) is 9.78 Å². The molecule has 1 heterocycles. The van der Waals surface area contributed by atoms with Gasteiger partial charge in [-0.15, -0.1) is 0 Å². The van der Waals surface area contributed by atoms with E-state index in [2.05, 4.69) is 15.3 Å². The van der Waals surface area contributed by atoms with Crippen LogP contribution in [-0.4, -0.2) is 56.8 Å². The minimum atomic E-state index is -3.61. The zero-order valence-corrected chi connectivity index (χ0v) is 15.6. The molecule has 0 atom stereocenters. The maximum absolute atomic E-state index is 12.4. The maximum atomic E-state index is 12.4. The lowest BCUT2D eigenvalue weighted by molar-refractivity contribution is 0.102. The third-order valence-electron chi connectivity index (χ3n) is 3.49. The lowest BCUT2D eigenvalue weighted by Crippen LogP contribution is -2.23. The van der Waals surface area contributed by atoms with Gasteiger partial charge >= 0.3 is 0 Å². The molecule has 0 spiro atoms. The molecule has 0 saturated carbocycles. The summed E-state index contributed by atoms with van der Waals surface area (Å²) in [6, 6.07) is 4.59. The average molecular weight is 363 g/mol. The summed E-state index contributed by atoms with van der Waals surface area (Å²) in [6.07, 6.45) is 2.87. The molecule has 0 saturated heterocycles. The van der Waals surface area contributed by atoms with Crippen LogP contribution in [0.5, 0.6) is 0 Å². The van der Waals surface area contributed by atoms with Gasteiger partial charge in [0.2, 0.25) is 10.0 Å². The van der Waals surface area contributed by atoms with Crippen molar-refractivity contribution in [1.29, 1.82) is 0 Å². The van der Waals surface area contributed by atoms with Crippen molar-refractivity contribution in [1.82, 2.24) is 14.3 Å². The highest BCUT2D eigenvalue weighted by Crippen LogP contribution is 2.28. The quantitative estimate of drug-likeness (QED) is 0.862. The predicted octanol–water partition coefficient (Wildman–Crippen LogP) is 1.35. The summed E-state index contributed by atoms with van der Waals surface area (Å²) in [5.41, 5.74) is 1.90. The number of hydrogen-bond donors (Lipinski definition) is 1. The van der Waals surface area contributed by atoms with E-state index in [9.17, 15) is 13.2 Å². The summed E-state index contributed by atoms with van der Waals surface area (Å²) in [5, 5.41) is 2.71. The molecular formula is C16H21N5O3S. The van der Waals surface area contributed by atoms with Gasteiger partial charge in [-0.2, -0.15) is 0 Å². The molecule has 8 nitrogen and oxygen atoms in total. The number of carbonyl (C=O) groups excluding carboxylic acids is 1. The largest absolute Gasteiger partial charge is 0.376 e. The number of carbonyl (C=O) groups is 1. The Hall–Kier alpha value is -2.52. The summed E-state index contributed by atoms with van der Waals surface area (Å²) in [5.74, 6) is -0.463. The number of nitrogens with one attached hydrogen (secondary N) is 1. The number of anilines is 2. The van der Waals surface area contributed by atoms with E-state index in [1.807, 2.05) is 0 Å². The number of aromatic nitrogens is 2. The van der Waals surface area contributed by atoms with E-state index in [0.29, 0.717) is 17.1 Å². The monoisotopic (exact) mass is 363 g/mol. The van der Waals surface area contributed by atoms with Crippen LogP contribution in [0, 0.1) is 6.92 Å². The molecule has 25 heavy (non-hydrogen) atoms. The van der Waals surface area contributed by atoms with Crippen LogP contribution >= 0.6 is 0 Å². The smallest absolute Gasteiger partial charge is 0.275 e. The Bertz CT molecular complexity index is 877. The minimum absolute atomic E-state index is 0.0911. The predicted molar refractivity (Wildman–Crippen MR) is 96.4 cm³/mol. The van der Waals surface area contributed by atoms with Gasteiger partial charge in [0.25, 0.3) is 5.91 Å². The van der Waals surface area contributed by atoms with Gasteiger partial charge in [-0.05, 0) is 25.1 Å². The van der Waals surface area contributed by atoms with Crippen LogP contribution in [0.1, 0.15) is 16.2 Å². The SMILES string of the molecule is Cc1cnc(C(=O)Nc2cc(S(=O)(=O)N(C)C)ccc2N(C)C)cn1. The zero-order chi connectivity index (χ0) is 18.8. The van der Waals surface area contributed by atoms with Crippen LogP contribution in [0.3, 0.4) is 0 Å². The molecule has 1 N–H and O–H groups in total. The van der Waals surface area contributed by atoms with Crippen molar-refractivity contribution >= 4 is 27.3 Å². The van der Waals surface area contributed by atoms with Gasteiger partial charge in [-0.1, -0.05) is 0 Å². The average Bonchev–Trinajstić information content (AvgIpc) is 2.54. The van der Waals surface area contributed by atoms with Gasteiger partial charge in [-0.25, -0.2) is 17.7 Å². The Balaban J connectivity index is 2.43. The highest BCUT2D eigenvalue weighted by Gasteiger charge is 2.20. The van der Waals surface area contributed by atoms with Crippen LogP contribution in [0.15, 0.2) is 35.5 Å². The first kappa shape index (κ1) is 18.8. The molecule has 2 rings (SSSR count). The Morgan fingerprint density at radius 1 is 1.08 bits per heavy atom. The number of aryl methyl sites for hydroxylation is 1. The van der Waals surface area contributed by atoms with Crippen molar-refractivity contribution in [3.05, 3.63) is 42.0 Å². The molecular weight excluding hydrogens is 342 g/mol. The van der Waals surface area contributed by atoms with Gasteiger partial charge in [0.1, 0.15) is 5.69 Å². The van der Waals surface area contributed by atoms with Gasteiger partial charge in [0.05, 0.1) is 28.2 Å². The van der Waals surface area contributed by atoms with Crippen molar-refractivity contribution in [2.75, 3.05) is 38.4 Å². The second kappa shape index (κ2) is 7.16. The Kier molecular flexibility index (Phi) is 5.39. The molecule has 0 radical (unpaired) electrons. The van der Waals surface area contributed by atoms with Crippen molar-refractivity contribution in [2.24, 2.45) is 0 Å². The maximum Gasteiger partial charge on any atom is 0.275 e. The summed E-state index contributed by atoms with van der Waals surface area (Å²) < 4.78 is 25.8. The minimum Gasteiger partial charge on any atom is -0.376 e. The number of benzene rings is 1.